The molecule has 2 aromatic carbocycles. The molecule has 1 saturated heterocycles. The molecular weight excluding hydrogens is 429 g/mol. The summed E-state index contributed by atoms with van der Waals surface area (Å²) in [5, 5.41) is 0. The summed E-state index contributed by atoms with van der Waals surface area (Å²) < 4.78 is 54.4. The molecule has 1 heterocycles. The number of hydrogen-bond donors (Lipinski definition) is 0. The van der Waals surface area contributed by atoms with Gasteiger partial charge in [0.1, 0.15) is 18.0 Å². The zero-order chi connectivity index (χ0) is 22.9. The molecular formula is C27H25F3O3. The Morgan fingerprint density at radius 1 is 0.909 bits per heavy atom. The zero-order valence-corrected chi connectivity index (χ0v) is 18.2. The second-order valence-corrected chi connectivity index (χ2v) is 8.91. The number of carbonyl (C=O) groups excluding carboxylic acids is 1. The molecule has 1 saturated carbocycles. The normalized spacial score (nSPS) is 23.0. The van der Waals surface area contributed by atoms with Crippen molar-refractivity contribution in [2.45, 2.75) is 50.8 Å². The summed E-state index contributed by atoms with van der Waals surface area (Å²) in [6, 6.07) is 9.76. The Bertz CT molecular complexity index is 1110. The van der Waals surface area contributed by atoms with Gasteiger partial charge in [-0.05, 0) is 35.6 Å². The van der Waals surface area contributed by atoms with Crippen LogP contribution < -0.4 is 0 Å². The number of epoxide rings is 1. The highest BCUT2D eigenvalue weighted by Crippen LogP contribution is 2.37. The van der Waals surface area contributed by atoms with Crippen LogP contribution in [0.5, 0.6) is 0 Å². The molecule has 2 unspecified atom stereocenters. The van der Waals surface area contributed by atoms with Crippen LogP contribution in [0, 0.1) is 17.6 Å². The highest BCUT2D eigenvalue weighted by Gasteiger charge is 2.30. The third kappa shape index (κ3) is 4.62. The lowest BCUT2D eigenvalue weighted by Crippen LogP contribution is -2.21. The smallest absolute Gasteiger partial charge is 0.314 e. The van der Waals surface area contributed by atoms with E-state index in [9.17, 15) is 18.0 Å². The van der Waals surface area contributed by atoms with E-state index in [4.69, 9.17) is 9.47 Å². The molecule has 0 spiro atoms. The van der Waals surface area contributed by atoms with Crippen molar-refractivity contribution in [1.82, 2.24) is 0 Å². The van der Waals surface area contributed by atoms with Crippen molar-refractivity contribution in [2.75, 3.05) is 6.61 Å². The minimum atomic E-state index is -1.32. The lowest BCUT2D eigenvalue weighted by Gasteiger charge is -2.23. The first-order valence-electron chi connectivity index (χ1n) is 11.5. The predicted octanol–water partition coefficient (Wildman–Crippen LogP) is 6.84. The molecule has 6 heteroatoms. The van der Waals surface area contributed by atoms with Crippen LogP contribution in [0.3, 0.4) is 0 Å². The maximum Gasteiger partial charge on any atom is 0.314 e. The van der Waals surface area contributed by atoms with Crippen LogP contribution in [-0.4, -0.2) is 18.7 Å². The molecule has 0 amide bonds. The van der Waals surface area contributed by atoms with Crippen LogP contribution in [-0.2, 0) is 14.3 Å². The molecule has 172 valence electrons. The van der Waals surface area contributed by atoms with Gasteiger partial charge in [-0.15, -0.1) is 0 Å². The van der Waals surface area contributed by atoms with Gasteiger partial charge in [-0.1, -0.05) is 61.7 Å². The fourth-order valence-electron chi connectivity index (χ4n) is 4.65. The first kappa shape index (κ1) is 22.0. The van der Waals surface area contributed by atoms with Crippen LogP contribution in [0.15, 0.2) is 54.3 Å². The largest absolute Gasteiger partial charge is 0.431 e. The Kier molecular flexibility index (Phi) is 6.11. The SMILES string of the molecule is O=C(OC1=CC=C(c2ccc(-c3ccc(C4CO4)c(F)c3F)cc2)C(F)C1)C1CCCCC1. The minimum Gasteiger partial charge on any atom is -0.431 e. The molecule has 2 atom stereocenters. The summed E-state index contributed by atoms with van der Waals surface area (Å²) in [6.45, 7) is 0.403. The van der Waals surface area contributed by atoms with Crippen molar-refractivity contribution < 1.29 is 27.4 Å². The first-order chi connectivity index (χ1) is 16.0. The Labute approximate surface area is 190 Å². The van der Waals surface area contributed by atoms with Crippen LogP contribution in [0.4, 0.5) is 13.2 Å². The number of rotatable bonds is 5. The van der Waals surface area contributed by atoms with Gasteiger partial charge in [-0.25, -0.2) is 13.2 Å². The molecule has 33 heavy (non-hydrogen) atoms. The molecule has 2 aliphatic carbocycles. The molecule has 5 rings (SSSR count). The lowest BCUT2D eigenvalue weighted by atomic mass is 9.89. The number of esters is 1. The van der Waals surface area contributed by atoms with Gasteiger partial charge in [-0.3, -0.25) is 4.79 Å². The number of carbonyl (C=O) groups is 1. The molecule has 3 nitrogen and oxygen atoms in total. The number of hydrogen-bond acceptors (Lipinski definition) is 3. The topological polar surface area (TPSA) is 38.8 Å². The summed E-state index contributed by atoms with van der Waals surface area (Å²) in [5.41, 5.74) is 1.99. The van der Waals surface area contributed by atoms with E-state index >= 15 is 0 Å². The molecule has 2 fully saturated rings. The molecule has 0 aromatic heterocycles. The van der Waals surface area contributed by atoms with Gasteiger partial charge in [0.2, 0.25) is 0 Å². The molecule has 0 N–H and O–H groups in total. The summed E-state index contributed by atoms with van der Waals surface area (Å²) >= 11 is 0. The van der Waals surface area contributed by atoms with Crippen LogP contribution in [0.25, 0.3) is 16.7 Å². The average Bonchev–Trinajstić information content (AvgIpc) is 3.67. The van der Waals surface area contributed by atoms with Gasteiger partial charge < -0.3 is 9.47 Å². The van der Waals surface area contributed by atoms with E-state index in [0.29, 0.717) is 29.1 Å². The van der Waals surface area contributed by atoms with Gasteiger partial charge in [0.25, 0.3) is 0 Å². The number of benzene rings is 2. The van der Waals surface area contributed by atoms with Crippen molar-refractivity contribution in [3.05, 3.63) is 77.1 Å². The number of ether oxygens (including phenoxy) is 2. The van der Waals surface area contributed by atoms with E-state index in [-0.39, 0.29) is 35.5 Å². The van der Waals surface area contributed by atoms with E-state index in [1.54, 1.807) is 42.5 Å². The standard InChI is InChI=1S/C27H25F3O3/c28-23-14-19(33-27(31)18-4-2-1-3-5-18)10-11-20(23)16-6-8-17(9-7-16)21-12-13-22(24-15-32-24)26(30)25(21)29/h6-13,18,23-24H,1-5,14-15H2. The third-order valence-corrected chi connectivity index (χ3v) is 6.66. The fourth-order valence-corrected chi connectivity index (χ4v) is 4.65. The van der Waals surface area contributed by atoms with Crippen LogP contribution >= 0.6 is 0 Å². The van der Waals surface area contributed by atoms with Crippen molar-refractivity contribution in [1.29, 1.82) is 0 Å². The van der Waals surface area contributed by atoms with E-state index in [0.717, 1.165) is 32.1 Å². The minimum absolute atomic E-state index is 0.00339. The van der Waals surface area contributed by atoms with Gasteiger partial charge in [0.15, 0.2) is 11.6 Å². The number of allylic oxidation sites excluding steroid dienone is 4. The van der Waals surface area contributed by atoms with E-state index < -0.39 is 17.8 Å². The van der Waals surface area contributed by atoms with Gasteiger partial charge >= 0.3 is 5.97 Å². The first-order valence-corrected chi connectivity index (χ1v) is 11.5. The Morgan fingerprint density at radius 2 is 1.61 bits per heavy atom. The maximum atomic E-state index is 14.9. The van der Waals surface area contributed by atoms with Gasteiger partial charge in [0.05, 0.1) is 12.5 Å². The molecule has 0 radical (unpaired) electrons. The maximum absolute atomic E-state index is 14.9. The lowest BCUT2D eigenvalue weighted by molar-refractivity contribution is -0.145. The third-order valence-electron chi connectivity index (χ3n) is 6.66. The predicted molar refractivity (Wildman–Crippen MR) is 119 cm³/mol. The average molecular weight is 454 g/mol. The summed E-state index contributed by atoms with van der Waals surface area (Å²) in [4.78, 5) is 12.3. The van der Waals surface area contributed by atoms with Crippen LogP contribution in [0.1, 0.15) is 55.8 Å². The number of halogens is 3. The van der Waals surface area contributed by atoms with Crippen molar-refractivity contribution >= 4 is 11.5 Å². The highest BCUT2D eigenvalue weighted by molar-refractivity contribution is 5.77. The fraction of sp³-hybridized carbons (Fsp3) is 0.370. The van der Waals surface area contributed by atoms with Gasteiger partial charge in [-0.2, -0.15) is 0 Å². The highest BCUT2D eigenvalue weighted by atomic mass is 19.2. The van der Waals surface area contributed by atoms with Crippen molar-refractivity contribution in [3.63, 3.8) is 0 Å². The monoisotopic (exact) mass is 454 g/mol. The van der Waals surface area contributed by atoms with E-state index in [1.165, 1.54) is 6.07 Å². The van der Waals surface area contributed by atoms with Crippen LogP contribution in [0.2, 0.25) is 0 Å². The summed E-state index contributed by atoms with van der Waals surface area (Å²) in [7, 11) is 0. The molecule has 1 aliphatic heterocycles. The summed E-state index contributed by atoms with van der Waals surface area (Å²) in [5.74, 6) is -1.81. The summed E-state index contributed by atoms with van der Waals surface area (Å²) in [6.07, 6.45) is 6.45. The molecule has 2 aromatic rings. The van der Waals surface area contributed by atoms with Crippen molar-refractivity contribution in [3.8, 4) is 11.1 Å². The van der Waals surface area contributed by atoms with Crippen molar-refractivity contribution in [2.24, 2.45) is 5.92 Å². The van der Waals surface area contributed by atoms with E-state index in [1.807, 2.05) is 0 Å². The number of alkyl halides is 1. The molecule has 3 aliphatic rings. The Morgan fingerprint density at radius 3 is 2.27 bits per heavy atom. The molecule has 0 bridgehead atoms. The zero-order valence-electron chi connectivity index (χ0n) is 18.2. The Balaban J connectivity index is 1.31. The van der Waals surface area contributed by atoms with Gasteiger partial charge in [0, 0.05) is 17.5 Å². The Hall–Kier alpha value is -2.86. The quantitative estimate of drug-likeness (QED) is 0.367. The second kappa shape index (κ2) is 9.18. The second-order valence-electron chi connectivity index (χ2n) is 8.91. The van der Waals surface area contributed by atoms with E-state index in [2.05, 4.69) is 0 Å².